The number of aliphatic imine (C=N–C) groups is 1. The number of carbonyl (C=O) groups is 1. The third kappa shape index (κ3) is 5.58. The molecule has 3 rings (SSSR count). The third-order valence-corrected chi connectivity index (χ3v) is 4.40. The fraction of sp³-hybridized carbons (Fsp3) is 0.211. The topological polar surface area (TPSA) is 83.6 Å². The highest BCUT2D eigenvalue weighted by atomic mass is 19.4. The lowest BCUT2D eigenvalue weighted by Gasteiger charge is -2.17. The van der Waals surface area contributed by atoms with Gasteiger partial charge in [0.1, 0.15) is 18.2 Å². The molecule has 1 aromatic heterocycles. The Labute approximate surface area is 184 Å². The van der Waals surface area contributed by atoms with Crippen molar-refractivity contribution >= 4 is 17.3 Å². The highest BCUT2D eigenvalue weighted by molar-refractivity contribution is 6.18. The Bertz CT molecular complexity index is 1130. The summed E-state index contributed by atoms with van der Waals surface area (Å²) in [6.45, 7) is -0.402. The zero-order valence-corrected chi connectivity index (χ0v) is 16.5. The molecule has 0 unspecified atom stereocenters. The molecule has 0 bridgehead atoms. The van der Waals surface area contributed by atoms with Crippen LogP contribution in [0.25, 0.3) is 5.57 Å². The van der Waals surface area contributed by atoms with Gasteiger partial charge in [-0.05, 0) is 35.9 Å². The van der Waals surface area contributed by atoms with Gasteiger partial charge in [0.05, 0.1) is 16.7 Å². The summed E-state index contributed by atoms with van der Waals surface area (Å²) in [4.78, 5) is 18.8. The van der Waals surface area contributed by atoms with Crippen LogP contribution in [0.1, 0.15) is 27.9 Å². The van der Waals surface area contributed by atoms with Crippen LogP contribution < -0.4 is 11.2 Å². The van der Waals surface area contributed by atoms with Crippen molar-refractivity contribution in [1.82, 2.24) is 15.4 Å². The molecule has 0 aliphatic carbocycles. The van der Waals surface area contributed by atoms with Crippen molar-refractivity contribution in [2.24, 2.45) is 10.7 Å². The van der Waals surface area contributed by atoms with Crippen LogP contribution in [0.5, 0.6) is 0 Å². The van der Waals surface area contributed by atoms with Crippen molar-refractivity contribution in [3.05, 3.63) is 70.7 Å². The molecule has 0 fully saturated rings. The number of nitrogens with two attached hydrogens (primary N) is 1. The van der Waals surface area contributed by atoms with Gasteiger partial charge in [-0.3, -0.25) is 20.2 Å². The second-order valence-corrected chi connectivity index (χ2v) is 6.86. The highest BCUT2D eigenvalue weighted by Gasteiger charge is 2.38. The Morgan fingerprint density at radius 3 is 2.03 bits per heavy atom. The van der Waals surface area contributed by atoms with Crippen molar-refractivity contribution in [3.8, 4) is 0 Å². The molecule has 34 heavy (non-hydrogen) atoms. The number of hydrogen-bond donors (Lipinski definition) is 2. The number of pyridine rings is 1. The molecular formula is C19H12F9N5O. The van der Waals surface area contributed by atoms with Crippen molar-refractivity contribution in [3.63, 3.8) is 0 Å². The van der Waals surface area contributed by atoms with E-state index < -0.39 is 64.9 Å². The molecular weight excluding hydrogens is 485 g/mol. The number of amides is 1. The van der Waals surface area contributed by atoms with E-state index in [9.17, 15) is 44.3 Å². The van der Waals surface area contributed by atoms with Crippen molar-refractivity contribution in [2.45, 2.75) is 18.5 Å². The number of carbonyl (C=O) groups excluding carboxylic acids is 1. The molecule has 1 aliphatic heterocycles. The van der Waals surface area contributed by atoms with E-state index in [0.29, 0.717) is 18.2 Å². The summed E-state index contributed by atoms with van der Waals surface area (Å²) in [5, 5.41) is 0.955. The van der Waals surface area contributed by atoms with Gasteiger partial charge in [-0.25, -0.2) is 4.99 Å². The number of halogens is 9. The zero-order valence-electron chi connectivity index (χ0n) is 16.5. The molecule has 0 atom stereocenters. The van der Waals surface area contributed by atoms with Gasteiger partial charge in [-0.2, -0.15) is 39.5 Å². The minimum absolute atomic E-state index is 0.0520. The quantitative estimate of drug-likeness (QED) is 0.491. The van der Waals surface area contributed by atoms with Gasteiger partial charge < -0.3 is 5.73 Å². The van der Waals surface area contributed by atoms with Gasteiger partial charge in [0.15, 0.2) is 0 Å². The first-order valence-corrected chi connectivity index (χ1v) is 8.98. The number of nitrogens with one attached hydrogen (secondary N) is 1. The Morgan fingerprint density at radius 1 is 0.941 bits per heavy atom. The monoisotopic (exact) mass is 497 g/mol. The fourth-order valence-corrected chi connectivity index (χ4v) is 2.86. The highest BCUT2D eigenvalue weighted by Crippen LogP contribution is 2.36. The third-order valence-electron chi connectivity index (χ3n) is 4.40. The molecule has 2 heterocycles. The lowest BCUT2D eigenvalue weighted by molar-refractivity contribution is -0.143. The molecule has 15 heteroatoms. The van der Waals surface area contributed by atoms with Crippen molar-refractivity contribution in [2.75, 3.05) is 6.67 Å². The first kappa shape index (κ1) is 24.9. The van der Waals surface area contributed by atoms with Crippen LogP contribution >= 0.6 is 0 Å². The van der Waals surface area contributed by atoms with Crippen LogP contribution in [-0.2, 0) is 23.3 Å². The predicted octanol–water partition coefficient (Wildman–Crippen LogP) is 4.19. The second kappa shape index (κ2) is 8.53. The van der Waals surface area contributed by atoms with Crippen LogP contribution in [0.15, 0.2) is 47.7 Å². The van der Waals surface area contributed by atoms with Gasteiger partial charge in [0, 0.05) is 18.0 Å². The summed E-state index contributed by atoms with van der Waals surface area (Å²) in [6.07, 6.45) is -13.3. The summed E-state index contributed by atoms with van der Waals surface area (Å²) in [5.74, 6) is -1.56. The molecule has 1 aromatic carbocycles. The van der Waals surface area contributed by atoms with Gasteiger partial charge >= 0.3 is 18.5 Å². The first-order chi connectivity index (χ1) is 15.6. The number of rotatable bonds is 4. The van der Waals surface area contributed by atoms with Gasteiger partial charge in [-0.15, -0.1) is 0 Å². The van der Waals surface area contributed by atoms with E-state index in [0.717, 1.165) is 23.5 Å². The van der Waals surface area contributed by atoms with E-state index in [1.54, 1.807) is 0 Å². The first-order valence-electron chi connectivity index (χ1n) is 8.98. The maximum atomic E-state index is 13.1. The molecule has 0 saturated heterocycles. The van der Waals surface area contributed by atoms with E-state index in [1.807, 2.05) is 0 Å². The van der Waals surface area contributed by atoms with Crippen LogP contribution in [0.3, 0.4) is 0 Å². The van der Waals surface area contributed by atoms with E-state index in [-0.39, 0.29) is 11.6 Å². The molecule has 0 spiro atoms. The fourth-order valence-electron chi connectivity index (χ4n) is 2.86. The summed E-state index contributed by atoms with van der Waals surface area (Å²) in [5.41, 5.74) is 1.91. The number of hydrazine groups is 1. The summed E-state index contributed by atoms with van der Waals surface area (Å²) < 4.78 is 117. The molecule has 2 aromatic rings. The van der Waals surface area contributed by atoms with Gasteiger partial charge in [0.2, 0.25) is 0 Å². The van der Waals surface area contributed by atoms with E-state index in [1.165, 1.54) is 0 Å². The number of nitrogens with zero attached hydrogens (tertiary/aromatic N) is 3. The summed E-state index contributed by atoms with van der Waals surface area (Å²) in [7, 11) is 0. The van der Waals surface area contributed by atoms with E-state index >= 15 is 0 Å². The normalized spacial score (nSPS) is 15.3. The Balaban J connectivity index is 1.93. The predicted molar refractivity (Wildman–Crippen MR) is 99.2 cm³/mol. The smallest absolute Gasteiger partial charge is 0.366 e. The lowest BCUT2D eigenvalue weighted by Crippen LogP contribution is -2.33. The zero-order chi connectivity index (χ0) is 25.5. The average molecular weight is 497 g/mol. The Morgan fingerprint density at radius 2 is 1.53 bits per heavy atom. The Hall–Kier alpha value is -3.78. The van der Waals surface area contributed by atoms with Crippen molar-refractivity contribution < 1.29 is 44.3 Å². The van der Waals surface area contributed by atoms with Crippen molar-refractivity contribution in [1.29, 1.82) is 0 Å². The molecule has 0 saturated carbocycles. The van der Waals surface area contributed by atoms with Crippen LogP contribution in [0.4, 0.5) is 39.5 Å². The maximum Gasteiger partial charge on any atom is 0.433 e. The number of hydrogen-bond acceptors (Lipinski definition) is 5. The summed E-state index contributed by atoms with van der Waals surface area (Å²) >= 11 is 0. The molecule has 0 radical (unpaired) electrons. The average Bonchev–Trinajstić information content (AvgIpc) is 3.18. The van der Waals surface area contributed by atoms with Gasteiger partial charge in [-0.1, -0.05) is 0 Å². The maximum absolute atomic E-state index is 13.1. The van der Waals surface area contributed by atoms with Gasteiger partial charge in [0.25, 0.3) is 5.91 Å². The number of amidine groups is 1. The molecule has 1 aliphatic rings. The largest absolute Gasteiger partial charge is 0.433 e. The number of aromatic nitrogens is 1. The molecule has 3 N–H and O–H groups in total. The SMILES string of the molecule is NC(=O)/C(=C\N1CN=C(c2cc(C(F)(F)F)cc(C(F)(F)F)c2)N1)c1ccnc(C(F)(F)F)c1. The minimum Gasteiger partial charge on any atom is -0.366 e. The number of primary amides is 1. The van der Waals surface area contributed by atoms with Crippen LogP contribution in [-0.4, -0.2) is 28.4 Å². The molecule has 1 amide bonds. The standard InChI is InChI=1S/C19H12F9N5O/c20-17(21,22)11-3-10(4-12(6-11)18(23,24)25)16-31-8-33(32-16)7-13(15(29)34)9-1-2-30-14(5-9)19(26,27)28/h1-7H,8H2,(H2,29,34)(H,31,32)/b13-7-. The number of alkyl halides is 9. The summed E-state index contributed by atoms with van der Waals surface area (Å²) in [6, 6.07) is 2.45. The lowest BCUT2D eigenvalue weighted by atomic mass is 10.0. The van der Waals surface area contributed by atoms with Crippen LogP contribution in [0.2, 0.25) is 0 Å². The van der Waals surface area contributed by atoms with Crippen LogP contribution in [0, 0.1) is 0 Å². The molecule has 182 valence electrons. The van der Waals surface area contributed by atoms with E-state index in [2.05, 4.69) is 15.4 Å². The minimum atomic E-state index is -5.08. The Kier molecular flexibility index (Phi) is 6.24. The molecule has 6 nitrogen and oxygen atoms in total. The van der Waals surface area contributed by atoms with E-state index in [4.69, 9.17) is 5.73 Å². The number of benzene rings is 1. The second-order valence-electron chi connectivity index (χ2n) is 6.86.